The van der Waals surface area contributed by atoms with Crippen molar-refractivity contribution in [1.82, 2.24) is 25.2 Å². The Bertz CT molecular complexity index is 1040. The van der Waals surface area contributed by atoms with Crippen LogP contribution < -0.4 is 16.0 Å². The number of rotatable bonds is 5. The number of hydrogen-bond acceptors (Lipinski definition) is 5. The smallest absolute Gasteiger partial charge is 0.318 e. The van der Waals surface area contributed by atoms with Crippen LogP contribution in [0.15, 0.2) is 29.2 Å². The first kappa shape index (κ1) is 25.4. The largest absolute Gasteiger partial charge is 0.354 e. The molecule has 35 heavy (non-hydrogen) atoms. The number of piperidine rings is 1. The minimum atomic E-state index is -4.02. The van der Waals surface area contributed by atoms with E-state index in [-0.39, 0.29) is 36.5 Å². The summed E-state index contributed by atoms with van der Waals surface area (Å²) < 4.78 is 40.8. The molecular formula is C23H32FN5O5S. The molecule has 2 aliphatic heterocycles. The van der Waals surface area contributed by atoms with Gasteiger partial charge in [-0.2, -0.15) is 4.31 Å². The van der Waals surface area contributed by atoms with Crippen LogP contribution in [0.1, 0.15) is 44.9 Å². The van der Waals surface area contributed by atoms with E-state index in [4.69, 9.17) is 0 Å². The van der Waals surface area contributed by atoms with Crippen LogP contribution in [0, 0.1) is 5.82 Å². The highest BCUT2D eigenvalue weighted by Crippen LogP contribution is 2.22. The van der Waals surface area contributed by atoms with Crippen LogP contribution in [0.25, 0.3) is 0 Å². The molecule has 0 aromatic heterocycles. The van der Waals surface area contributed by atoms with E-state index in [2.05, 4.69) is 16.0 Å². The number of piperazine rings is 1. The zero-order valence-electron chi connectivity index (χ0n) is 19.5. The predicted molar refractivity (Wildman–Crippen MR) is 125 cm³/mol. The van der Waals surface area contributed by atoms with Gasteiger partial charge in [-0.1, -0.05) is 19.3 Å². The van der Waals surface area contributed by atoms with Crippen molar-refractivity contribution in [2.24, 2.45) is 0 Å². The summed E-state index contributed by atoms with van der Waals surface area (Å²) in [5, 5.41) is 8.40. The molecule has 0 unspecified atom stereocenters. The molecule has 0 radical (unpaired) electrons. The van der Waals surface area contributed by atoms with Crippen molar-refractivity contribution in [3.8, 4) is 0 Å². The molecule has 3 N–H and O–H groups in total. The van der Waals surface area contributed by atoms with Gasteiger partial charge >= 0.3 is 6.03 Å². The van der Waals surface area contributed by atoms with Crippen molar-refractivity contribution >= 4 is 27.9 Å². The molecule has 1 aromatic rings. The molecule has 10 nitrogen and oxygen atoms in total. The molecule has 2 heterocycles. The summed E-state index contributed by atoms with van der Waals surface area (Å²) in [7, 11) is -4.02. The summed E-state index contributed by atoms with van der Waals surface area (Å²) in [6, 6.07) is 2.23. The van der Waals surface area contributed by atoms with E-state index in [9.17, 15) is 27.2 Å². The van der Waals surface area contributed by atoms with Gasteiger partial charge in [0.15, 0.2) is 0 Å². The maximum absolute atomic E-state index is 13.3. The van der Waals surface area contributed by atoms with Gasteiger partial charge in [-0.05, 0) is 49.9 Å². The molecule has 2 atom stereocenters. The SMILES string of the molecule is O=C(N[C@@H]1CCCNC1=O)[C@H]1CN(S(=O)(=O)c2ccc(F)cc2)CCN1C(=O)NC1CCCCC1. The minimum absolute atomic E-state index is 0.00786. The lowest BCUT2D eigenvalue weighted by Crippen LogP contribution is -2.65. The Balaban J connectivity index is 1.53. The third-order valence-electron chi connectivity index (χ3n) is 6.89. The lowest BCUT2D eigenvalue weighted by molar-refractivity contribution is -0.133. The number of amides is 4. The second-order valence-electron chi connectivity index (χ2n) is 9.31. The maximum atomic E-state index is 13.3. The van der Waals surface area contributed by atoms with Crippen LogP contribution in [0.2, 0.25) is 0 Å². The van der Waals surface area contributed by atoms with Crippen LogP contribution in [-0.2, 0) is 19.6 Å². The van der Waals surface area contributed by atoms with Crippen molar-refractivity contribution < 1.29 is 27.2 Å². The summed E-state index contributed by atoms with van der Waals surface area (Å²) in [5.74, 6) is -1.43. The average molecular weight is 510 g/mol. The summed E-state index contributed by atoms with van der Waals surface area (Å²) in [6.07, 6.45) is 6.08. The molecule has 4 amide bonds. The Hall–Kier alpha value is -2.73. The van der Waals surface area contributed by atoms with Gasteiger partial charge in [-0.15, -0.1) is 0 Å². The van der Waals surface area contributed by atoms with Gasteiger partial charge in [0, 0.05) is 32.2 Å². The summed E-state index contributed by atoms with van der Waals surface area (Å²) in [6.45, 7) is 0.269. The van der Waals surface area contributed by atoms with E-state index in [0.717, 1.165) is 48.5 Å². The lowest BCUT2D eigenvalue weighted by Gasteiger charge is -2.41. The van der Waals surface area contributed by atoms with Crippen molar-refractivity contribution in [3.63, 3.8) is 0 Å². The van der Waals surface area contributed by atoms with Crippen molar-refractivity contribution in [2.45, 2.75) is 68.0 Å². The Morgan fingerprint density at radius 2 is 1.69 bits per heavy atom. The molecule has 1 aromatic carbocycles. The van der Waals surface area contributed by atoms with Crippen molar-refractivity contribution in [3.05, 3.63) is 30.1 Å². The zero-order chi connectivity index (χ0) is 25.0. The zero-order valence-corrected chi connectivity index (χ0v) is 20.4. The highest BCUT2D eigenvalue weighted by atomic mass is 32.2. The molecule has 3 fully saturated rings. The van der Waals surface area contributed by atoms with E-state index < -0.39 is 39.9 Å². The molecule has 1 saturated carbocycles. The normalized spacial score (nSPS) is 24.5. The minimum Gasteiger partial charge on any atom is -0.354 e. The van der Waals surface area contributed by atoms with Gasteiger partial charge in [-0.25, -0.2) is 17.6 Å². The number of hydrogen-bond donors (Lipinski definition) is 3. The number of nitrogens with one attached hydrogen (secondary N) is 3. The maximum Gasteiger partial charge on any atom is 0.318 e. The average Bonchev–Trinajstić information content (AvgIpc) is 2.86. The standard InChI is InChI=1S/C23H32FN5O5S/c24-16-8-10-18(11-9-16)35(33,34)28-13-14-29(23(32)26-17-5-2-1-3-6-17)20(15-28)22(31)27-19-7-4-12-25-21(19)30/h8-11,17,19-20H,1-7,12-15H2,(H,25,30)(H,26,32)(H,27,31)/t19-,20-/m1/s1. The molecule has 1 aliphatic carbocycles. The molecule has 3 aliphatic rings. The number of urea groups is 1. The van der Waals surface area contributed by atoms with Gasteiger partial charge in [0.2, 0.25) is 21.8 Å². The molecule has 0 bridgehead atoms. The summed E-state index contributed by atoms with van der Waals surface area (Å²) >= 11 is 0. The molecule has 0 spiro atoms. The van der Waals surface area contributed by atoms with Gasteiger partial charge < -0.3 is 20.9 Å². The Morgan fingerprint density at radius 1 is 0.971 bits per heavy atom. The Morgan fingerprint density at radius 3 is 2.37 bits per heavy atom. The molecule has 12 heteroatoms. The second kappa shape index (κ2) is 10.9. The van der Waals surface area contributed by atoms with Crippen molar-refractivity contribution in [2.75, 3.05) is 26.2 Å². The van der Waals surface area contributed by atoms with Crippen LogP contribution in [0.5, 0.6) is 0 Å². The number of halogens is 1. The van der Waals surface area contributed by atoms with Gasteiger partial charge in [0.1, 0.15) is 17.9 Å². The van der Waals surface area contributed by atoms with Crippen molar-refractivity contribution in [1.29, 1.82) is 0 Å². The van der Waals surface area contributed by atoms with E-state index in [1.807, 2.05) is 0 Å². The molecular weight excluding hydrogens is 477 g/mol. The number of benzene rings is 1. The molecule has 2 saturated heterocycles. The molecule has 192 valence electrons. The third kappa shape index (κ3) is 5.92. The first-order chi connectivity index (χ1) is 16.8. The fourth-order valence-electron chi connectivity index (χ4n) is 4.88. The number of carbonyl (C=O) groups is 3. The van der Waals surface area contributed by atoms with Gasteiger partial charge in [0.05, 0.1) is 4.90 Å². The summed E-state index contributed by atoms with van der Waals surface area (Å²) in [5.41, 5.74) is 0. The van der Waals surface area contributed by atoms with Crippen LogP contribution in [0.3, 0.4) is 0 Å². The van der Waals surface area contributed by atoms with Gasteiger partial charge in [-0.3, -0.25) is 9.59 Å². The first-order valence-electron chi connectivity index (χ1n) is 12.2. The third-order valence-corrected chi connectivity index (χ3v) is 8.77. The number of sulfonamides is 1. The first-order valence-corrected chi connectivity index (χ1v) is 13.6. The fraction of sp³-hybridized carbons (Fsp3) is 0.609. The lowest BCUT2D eigenvalue weighted by atomic mass is 9.96. The highest BCUT2D eigenvalue weighted by molar-refractivity contribution is 7.89. The second-order valence-corrected chi connectivity index (χ2v) is 11.2. The van der Waals surface area contributed by atoms with Crippen LogP contribution in [0.4, 0.5) is 9.18 Å². The highest BCUT2D eigenvalue weighted by Gasteiger charge is 2.41. The van der Waals surface area contributed by atoms with Gasteiger partial charge in [0.25, 0.3) is 0 Å². The molecule has 4 rings (SSSR count). The number of carbonyl (C=O) groups excluding carboxylic acids is 3. The monoisotopic (exact) mass is 509 g/mol. The quantitative estimate of drug-likeness (QED) is 0.544. The van der Waals surface area contributed by atoms with E-state index >= 15 is 0 Å². The predicted octanol–water partition coefficient (Wildman–Crippen LogP) is 0.938. The van der Waals surface area contributed by atoms with Crippen LogP contribution >= 0.6 is 0 Å². The topological polar surface area (TPSA) is 128 Å². The van der Waals surface area contributed by atoms with Crippen LogP contribution in [-0.4, -0.2) is 79.8 Å². The number of nitrogens with zero attached hydrogens (tertiary/aromatic N) is 2. The Kier molecular flexibility index (Phi) is 7.90. The Labute approximate surface area is 204 Å². The van der Waals surface area contributed by atoms with E-state index in [0.29, 0.717) is 19.4 Å². The summed E-state index contributed by atoms with van der Waals surface area (Å²) in [4.78, 5) is 39.9. The van der Waals surface area contributed by atoms with E-state index in [1.54, 1.807) is 0 Å². The van der Waals surface area contributed by atoms with E-state index in [1.165, 1.54) is 17.0 Å². The fourth-order valence-corrected chi connectivity index (χ4v) is 6.32.